The molecule has 0 aliphatic rings. The first kappa shape index (κ1) is 15.6. The monoisotopic (exact) mass is 328 g/mol. The van der Waals surface area contributed by atoms with Crippen LogP contribution in [-0.4, -0.2) is 8.42 Å². The number of anilines is 2. The third kappa shape index (κ3) is 3.28. The molecule has 7 heteroatoms. The van der Waals surface area contributed by atoms with Crippen LogP contribution in [0, 0.1) is 19.7 Å². The van der Waals surface area contributed by atoms with Gasteiger partial charge in [0.25, 0.3) is 10.0 Å². The van der Waals surface area contributed by atoms with Gasteiger partial charge in [0.2, 0.25) is 0 Å². The minimum absolute atomic E-state index is 0.0668. The predicted octanol–water partition coefficient (Wildman–Crippen LogP) is 3.48. The van der Waals surface area contributed by atoms with Crippen molar-refractivity contribution in [1.29, 1.82) is 0 Å². The van der Waals surface area contributed by atoms with Crippen LogP contribution >= 0.6 is 11.6 Å². The molecule has 21 heavy (non-hydrogen) atoms. The number of rotatable bonds is 3. The summed E-state index contributed by atoms with van der Waals surface area (Å²) in [6.07, 6.45) is 0. The number of hydrogen-bond acceptors (Lipinski definition) is 3. The van der Waals surface area contributed by atoms with E-state index in [1.54, 1.807) is 19.9 Å². The van der Waals surface area contributed by atoms with Gasteiger partial charge in [-0.2, -0.15) is 0 Å². The van der Waals surface area contributed by atoms with E-state index in [-0.39, 0.29) is 16.3 Å². The molecule has 2 aromatic rings. The Morgan fingerprint density at radius 2 is 1.86 bits per heavy atom. The Labute approximate surface area is 127 Å². The lowest BCUT2D eigenvalue weighted by Crippen LogP contribution is -2.14. The second-order valence-corrected chi connectivity index (χ2v) is 6.79. The SMILES string of the molecule is Cc1ccc(F)c(NS(=O)(=O)c2cc(C)c(Cl)c(N)c2)c1. The maximum atomic E-state index is 13.7. The molecule has 0 radical (unpaired) electrons. The largest absolute Gasteiger partial charge is 0.397 e. The Hall–Kier alpha value is -1.79. The fourth-order valence-electron chi connectivity index (χ4n) is 1.84. The summed E-state index contributed by atoms with van der Waals surface area (Å²) in [5, 5.41) is 0.302. The van der Waals surface area contributed by atoms with Crippen LogP contribution in [0.2, 0.25) is 5.02 Å². The van der Waals surface area contributed by atoms with Crippen LogP contribution in [0.3, 0.4) is 0 Å². The predicted molar refractivity (Wildman–Crippen MR) is 82.5 cm³/mol. The van der Waals surface area contributed by atoms with E-state index in [1.165, 1.54) is 24.3 Å². The smallest absolute Gasteiger partial charge is 0.262 e. The van der Waals surface area contributed by atoms with E-state index in [9.17, 15) is 12.8 Å². The summed E-state index contributed by atoms with van der Waals surface area (Å²) in [6, 6.07) is 6.80. The maximum Gasteiger partial charge on any atom is 0.262 e. The minimum atomic E-state index is -3.94. The number of hydrogen-bond donors (Lipinski definition) is 2. The molecule has 2 rings (SSSR count). The van der Waals surface area contributed by atoms with Crippen LogP contribution in [0.4, 0.5) is 15.8 Å². The van der Waals surface area contributed by atoms with E-state index in [2.05, 4.69) is 4.72 Å². The van der Waals surface area contributed by atoms with Gasteiger partial charge in [0, 0.05) is 0 Å². The molecule has 0 aromatic heterocycles. The topological polar surface area (TPSA) is 72.2 Å². The van der Waals surface area contributed by atoms with Crippen LogP contribution in [0.25, 0.3) is 0 Å². The van der Waals surface area contributed by atoms with E-state index in [1.807, 2.05) is 0 Å². The van der Waals surface area contributed by atoms with Crippen molar-refractivity contribution in [2.24, 2.45) is 0 Å². The van der Waals surface area contributed by atoms with Gasteiger partial charge in [0.05, 0.1) is 21.3 Å². The van der Waals surface area contributed by atoms with Crippen molar-refractivity contribution in [3.63, 3.8) is 0 Å². The summed E-state index contributed by atoms with van der Waals surface area (Å²) in [4.78, 5) is -0.0668. The zero-order valence-corrected chi connectivity index (χ0v) is 13.0. The van der Waals surface area contributed by atoms with Crippen molar-refractivity contribution < 1.29 is 12.8 Å². The van der Waals surface area contributed by atoms with Crippen LogP contribution in [0.15, 0.2) is 35.2 Å². The van der Waals surface area contributed by atoms with Crippen molar-refractivity contribution in [3.05, 3.63) is 52.3 Å². The fourth-order valence-corrected chi connectivity index (χ4v) is 3.13. The van der Waals surface area contributed by atoms with Crippen molar-refractivity contribution in [1.82, 2.24) is 0 Å². The Bertz CT molecular complexity index is 784. The van der Waals surface area contributed by atoms with Crippen LogP contribution in [0.1, 0.15) is 11.1 Å². The van der Waals surface area contributed by atoms with Crippen LogP contribution in [0.5, 0.6) is 0 Å². The van der Waals surface area contributed by atoms with Gasteiger partial charge in [0.1, 0.15) is 5.82 Å². The molecule has 0 amide bonds. The molecule has 2 aromatic carbocycles. The minimum Gasteiger partial charge on any atom is -0.397 e. The lowest BCUT2D eigenvalue weighted by molar-refractivity contribution is 0.598. The molecule has 0 bridgehead atoms. The molecule has 0 saturated heterocycles. The molecule has 0 unspecified atom stereocenters. The summed E-state index contributed by atoms with van der Waals surface area (Å²) in [5.74, 6) is -0.650. The highest BCUT2D eigenvalue weighted by Crippen LogP contribution is 2.28. The standard InChI is InChI=1S/C14H14ClFN2O2S/c1-8-3-4-11(16)13(5-8)18-21(19,20)10-6-9(2)14(15)12(17)7-10/h3-7,18H,17H2,1-2H3. The highest BCUT2D eigenvalue weighted by atomic mass is 35.5. The Morgan fingerprint density at radius 3 is 2.48 bits per heavy atom. The zero-order valence-electron chi connectivity index (χ0n) is 11.4. The number of halogens is 2. The van der Waals surface area contributed by atoms with E-state index in [0.717, 1.165) is 5.56 Å². The number of sulfonamides is 1. The van der Waals surface area contributed by atoms with Crippen molar-refractivity contribution >= 4 is 33.0 Å². The number of aryl methyl sites for hydroxylation is 2. The summed E-state index contributed by atoms with van der Waals surface area (Å²) >= 11 is 5.91. The van der Waals surface area contributed by atoms with Gasteiger partial charge >= 0.3 is 0 Å². The molecule has 3 N–H and O–H groups in total. The summed E-state index contributed by atoms with van der Waals surface area (Å²) in [6.45, 7) is 3.38. The normalized spacial score (nSPS) is 11.4. The summed E-state index contributed by atoms with van der Waals surface area (Å²) in [7, 11) is -3.94. The number of nitrogen functional groups attached to an aromatic ring is 1. The molecule has 0 aliphatic carbocycles. The highest BCUT2D eigenvalue weighted by molar-refractivity contribution is 7.92. The maximum absolute atomic E-state index is 13.7. The second kappa shape index (κ2) is 5.54. The lowest BCUT2D eigenvalue weighted by Gasteiger charge is -2.12. The average molecular weight is 329 g/mol. The zero-order chi connectivity index (χ0) is 15.8. The summed E-state index contributed by atoms with van der Waals surface area (Å²) < 4.78 is 40.5. The van der Waals surface area contributed by atoms with E-state index < -0.39 is 15.8 Å². The molecule has 0 aliphatic heterocycles. The first-order valence-electron chi connectivity index (χ1n) is 6.05. The van der Waals surface area contributed by atoms with E-state index in [0.29, 0.717) is 10.6 Å². The van der Waals surface area contributed by atoms with E-state index >= 15 is 0 Å². The third-order valence-electron chi connectivity index (χ3n) is 2.93. The average Bonchev–Trinajstić information content (AvgIpc) is 2.39. The summed E-state index contributed by atoms with van der Waals surface area (Å²) in [5.41, 5.74) is 6.98. The Kier molecular flexibility index (Phi) is 4.11. The van der Waals surface area contributed by atoms with Crippen LogP contribution in [-0.2, 0) is 10.0 Å². The van der Waals surface area contributed by atoms with Gasteiger partial charge in [-0.3, -0.25) is 4.72 Å². The molecule has 0 heterocycles. The molecular weight excluding hydrogens is 315 g/mol. The molecule has 0 atom stereocenters. The molecule has 0 fully saturated rings. The molecule has 112 valence electrons. The first-order chi connectivity index (χ1) is 9.70. The van der Waals surface area contributed by atoms with Crippen molar-refractivity contribution in [2.45, 2.75) is 18.7 Å². The molecule has 0 spiro atoms. The van der Waals surface area contributed by atoms with Gasteiger partial charge in [-0.15, -0.1) is 0 Å². The fraction of sp³-hybridized carbons (Fsp3) is 0.143. The van der Waals surface area contributed by atoms with Gasteiger partial charge < -0.3 is 5.73 Å². The van der Waals surface area contributed by atoms with Crippen LogP contribution < -0.4 is 10.5 Å². The van der Waals surface area contributed by atoms with Gasteiger partial charge in [-0.1, -0.05) is 17.7 Å². The number of nitrogens with two attached hydrogens (primary N) is 1. The molecular formula is C14H14ClFN2O2S. The molecule has 0 saturated carbocycles. The molecule has 4 nitrogen and oxygen atoms in total. The van der Waals surface area contributed by atoms with Gasteiger partial charge in [-0.05, 0) is 49.2 Å². The number of benzene rings is 2. The highest BCUT2D eigenvalue weighted by Gasteiger charge is 2.18. The third-order valence-corrected chi connectivity index (χ3v) is 4.79. The number of nitrogens with one attached hydrogen (secondary N) is 1. The first-order valence-corrected chi connectivity index (χ1v) is 7.91. The van der Waals surface area contributed by atoms with Gasteiger partial charge in [0.15, 0.2) is 0 Å². The van der Waals surface area contributed by atoms with E-state index in [4.69, 9.17) is 17.3 Å². The van der Waals surface area contributed by atoms with Gasteiger partial charge in [-0.25, -0.2) is 12.8 Å². The van der Waals surface area contributed by atoms with Crippen molar-refractivity contribution in [2.75, 3.05) is 10.5 Å². The Morgan fingerprint density at radius 1 is 1.19 bits per heavy atom. The second-order valence-electron chi connectivity index (χ2n) is 4.73. The van der Waals surface area contributed by atoms with Crippen molar-refractivity contribution in [3.8, 4) is 0 Å². The lowest BCUT2D eigenvalue weighted by atomic mass is 10.2. The Balaban J connectivity index is 2.46. The quantitative estimate of drug-likeness (QED) is 0.847.